The summed E-state index contributed by atoms with van der Waals surface area (Å²) in [6.45, 7) is 19.5. The van der Waals surface area contributed by atoms with Gasteiger partial charge in [-0.05, 0) is 59.4 Å². The molecule has 0 saturated carbocycles. The van der Waals surface area contributed by atoms with E-state index in [0.29, 0.717) is 17.8 Å². The second kappa shape index (κ2) is 8.96. The molecule has 0 unspecified atom stereocenters. The minimum atomic E-state index is 0.0621. The van der Waals surface area contributed by atoms with E-state index in [1.54, 1.807) is 0 Å². The molecule has 0 aliphatic carbocycles. The molecule has 1 atom stereocenters. The first-order valence-electron chi connectivity index (χ1n) is 8.88. The molecule has 128 valence electrons. The quantitative estimate of drug-likeness (QED) is 0.363. The monoisotopic (exact) mass is 314 g/mol. The van der Waals surface area contributed by atoms with E-state index in [1.165, 1.54) is 22.3 Å². The van der Waals surface area contributed by atoms with Crippen molar-refractivity contribution in [1.29, 1.82) is 0 Å². The Balaban J connectivity index is 3.33. The van der Waals surface area contributed by atoms with Crippen molar-refractivity contribution in [2.45, 2.75) is 78.7 Å². The van der Waals surface area contributed by atoms with Crippen molar-refractivity contribution in [2.24, 2.45) is 0 Å². The van der Waals surface area contributed by atoms with E-state index in [2.05, 4.69) is 67.2 Å². The van der Waals surface area contributed by atoms with Crippen molar-refractivity contribution in [3.05, 3.63) is 59.4 Å². The molecule has 1 heteroatoms. The molecule has 1 aromatic carbocycles. The predicted molar refractivity (Wildman–Crippen MR) is 102 cm³/mol. The molecule has 0 spiro atoms. The topological polar surface area (TPSA) is 9.23 Å². The van der Waals surface area contributed by atoms with Crippen molar-refractivity contribution >= 4 is 0 Å². The molecule has 0 heterocycles. The van der Waals surface area contributed by atoms with Crippen molar-refractivity contribution < 1.29 is 4.74 Å². The van der Waals surface area contributed by atoms with Crippen LogP contribution in [0.5, 0.6) is 0 Å². The zero-order valence-electron chi connectivity index (χ0n) is 16.0. The molecule has 1 nitrogen and oxygen atoms in total. The molecule has 0 aliphatic rings. The smallest absolute Gasteiger partial charge is 0.121 e. The van der Waals surface area contributed by atoms with Crippen molar-refractivity contribution in [2.75, 3.05) is 0 Å². The lowest BCUT2D eigenvalue weighted by Crippen LogP contribution is -2.10. The summed E-state index contributed by atoms with van der Waals surface area (Å²) >= 11 is 0. The minimum Gasteiger partial charge on any atom is -0.494 e. The number of ether oxygens (including phenoxy) is 1. The first kappa shape index (κ1) is 19.5. The third-order valence-electron chi connectivity index (χ3n) is 4.27. The van der Waals surface area contributed by atoms with E-state index in [4.69, 9.17) is 4.74 Å². The summed E-state index contributed by atoms with van der Waals surface area (Å²) in [6, 6.07) is 4.76. The predicted octanol–water partition coefficient (Wildman–Crippen LogP) is 7.22. The Bertz CT molecular complexity index is 506. The van der Waals surface area contributed by atoms with Crippen molar-refractivity contribution in [3.8, 4) is 0 Å². The van der Waals surface area contributed by atoms with Crippen LogP contribution in [0.2, 0.25) is 0 Å². The molecular formula is C22H34O. The van der Waals surface area contributed by atoms with Gasteiger partial charge in [-0.2, -0.15) is 0 Å². The second-order valence-corrected chi connectivity index (χ2v) is 7.25. The largest absolute Gasteiger partial charge is 0.494 e. The van der Waals surface area contributed by atoms with Crippen LogP contribution in [0.1, 0.15) is 101 Å². The lowest BCUT2D eigenvalue weighted by molar-refractivity contribution is 0.161. The van der Waals surface area contributed by atoms with Gasteiger partial charge in [0.1, 0.15) is 6.10 Å². The van der Waals surface area contributed by atoms with Crippen LogP contribution in [0.15, 0.2) is 37.1 Å². The van der Waals surface area contributed by atoms with Crippen LogP contribution in [-0.4, -0.2) is 0 Å². The molecule has 1 aromatic rings. The van der Waals surface area contributed by atoms with E-state index in [1.807, 2.05) is 18.4 Å². The highest BCUT2D eigenvalue weighted by atomic mass is 16.5. The Hall–Kier alpha value is -1.50. The first-order valence-corrected chi connectivity index (χ1v) is 8.88. The van der Waals surface area contributed by atoms with Gasteiger partial charge in [-0.15, -0.1) is 6.58 Å². The molecule has 0 fully saturated rings. The SMILES string of the molecule is C=CC/C=C/O[C@H](C)c1c(C(C)C)cc(C(C)C)cc1C(C)C. The first-order chi connectivity index (χ1) is 10.8. The maximum atomic E-state index is 5.98. The maximum Gasteiger partial charge on any atom is 0.121 e. The fourth-order valence-electron chi connectivity index (χ4n) is 2.87. The Morgan fingerprint density at radius 2 is 1.43 bits per heavy atom. The van der Waals surface area contributed by atoms with Crippen LogP contribution in [0.3, 0.4) is 0 Å². The van der Waals surface area contributed by atoms with Gasteiger partial charge in [0.2, 0.25) is 0 Å². The molecule has 0 radical (unpaired) electrons. The molecule has 0 bridgehead atoms. The molecular weight excluding hydrogens is 280 g/mol. The zero-order chi connectivity index (χ0) is 17.6. The fourth-order valence-corrected chi connectivity index (χ4v) is 2.87. The van der Waals surface area contributed by atoms with Gasteiger partial charge in [-0.25, -0.2) is 0 Å². The van der Waals surface area contributed by atoms with Gasteiger partial charge in [0, 0.05) is 0 Å². The zero-order valence-corrected chi connectivity index (χ0v) is 16.0. The molecule has 1 rings (SSSR count). The normalized spacial score (nSPS) is 13.3. The van der Waals surface area contributed by atoms with Crippen LogP contribution in [0.25, 0.3) is 0 Å². The van der Waals surface area contributed by atoms with Gasteiger partial charge in [-0.1, -0.05) is 59.8 Å². The standard InChI is InChI=1S/C22H34O/c1-9-10-11-12-23-18(8)22-20(16(4)5)13-19(15(2)3)14-21(22)17(6)7/h9,11-18H,1,10H2,2-8H3/b12-11+/t18-/m1/s1. The van der Waals surface area contributed by atoms with Crippen molar-refractivity contribution in [3.63, 3.8) is 0 Å². The van der Waals surface area contributed by atoms with E-state index >= 15 is 0 Å². The maximum absolute atomic E-state index is 5.98. The van der Waals surface area contributed by atoms with Crippen LogP contribution in [0, 0.1) is 0 Å². The van der Waals surface area contributed by atoms with Gasteiger partial charge in [0.15, 0.2) is 0 Å². The number of hydrogen-bond donors (Lipinski definition) is 0. The molecule has 0 saturated heterocycles. The van der Waals surface area contributed by atoms with E-state index in [-0.39, 0.29) is 6.10 Å². The van der Waals surface area contributed by atoms with Gasteiger partial charge in [-0.3, -0.25) is 0 Å². The summed E-state index contributed by atoms with van der Waals surface area (Å²) in [4.78, 5) is 0. The van der Waals surface area contributed by atoms with Gasteiger partial charge >= 0.3 is 0 Å². The highest BCUT2D eigenvalue weighted by Crippen LogP contribution is 2.36. The fraction of sp³-hybridized carbons (Fsp3) is 0.545. The summed E-state index contributed by atoms with van der Waals surface area (Å²) < 4.78 is 5.98. The van der Waals surface area contributed by atoms with Gasteiger partial charge in [0.05, 0.1) is 6.26 Å². The minimum absolute atomic E-state index is 0.0621. The van der Waals surface area contributed by atoms with Gasteiger partial charge in [0.25, 0.3) is 0 Å². The molecule has 0 aliphatic heterocycles. The number of benzene rings is 1. The lowest BCUT2D eigenvalue weighted by atomic mass is 9.82. The number of rotatable bonds is 8. The Labute approximate surface area is 143 Å². The summed E-state index contributed by atoms with van der Waals surface area (Å²) in [6.07, 6.45) is 6.60. The average Bonchev–Trinajstić information content (AvgIpc) is 2.49. The Morgan fingerprint density at radius 3 is 1.83 bits per heavy atom. The second-order valence-electron chi connectivity index (χ2n) is 7.25. The lowest BCUT2D eigenvalue weighted by Gasteiger charge is -2.26. The Kier molecular flexibility index (Phi) is 7.61. The highest BCUT2D eigenvalue weighted by molar-refractivity contribution is 5.44. The van der Waals surface area contributed by atoms with E-state index in [9.17, 15) is 0 Å². The van der Waals surface area contributed by atoms with Crippen LogP contribution in [-0.2, 0) is 4.74 Å². The summed E-state index contributed by atoms with van der Waals surface area (Å²) in [5, 5.41) is 0. The summed E-state index contributed by atoms with van der Waals surface area (Å²) in [7, 11) is 0. The van der Waals surface area contributed by atoms with E-state index < -0.39 is 0 Å². The van der Waals surface area contributed by atoms with Crippen LogP contribution in [0.4, 0.5) is 0 Å². The molecule has 0 aromatic heterocycles. The molecule has 0 amide bonds. The third kappa shape index (κ3) is 5.27. The third-order valence-corrected chi connectivity index (χ3v) is 4.27. The molecule has 23 heavy (non-hydrogen) atoms. The van der Waals surface area contributed by atoms with E-state index in [0.717, 1.165) is 6.42 Å². The van der Waals surface area contributed by atoms with Gasteiger partial charge < -0.3 is 4.74 Å². The summed E-state index contributed by atoms with van der Waals surface area (Å²) in [5.74, 6) is 1.52. The van der Waals surface area contributed by atoms with Crippen molar-refractivity contribution in [1.82, 2.24) is 0 Å². The average molecular weight is 315 g/mol. The molecule has 0 N–H and O–H groups in total. The Morgan fingerprint density at radius 1 is 0.913 bits per heavy atom. The number of hydrogen-bond acceptors (Lipinski definition) is 1. The number of allylic oxidation sites excluding steroid dienone is 2. The van der Waals surface area contributed by atoms with Crippen LogP contribution < -0.4 is 0 Å². The summed E-state index contributed by atoms with van der Waals surface area (Å²) in [5.41, 5.74) is 5.63. The van der Waals surface area contributed by atoms with Crippen LogP contribution >= 0.6 is 0 Å². The highest BCUT2D eigenvalue weighted by Gasteiger charge is 2.21.